The average Bonchev–Trinajstić information content (AvgIpc) is 2.67. The molecule has 0 spiro atoms. The molecule has 0 bridgehead atoms. The number of ketones is 1. The molecule has 2 rings (SSSR count). The number of amides is 2. The molecule has 0 unspecified atom stereocenters. The smallest absolute Gasteiger partial charge is 0.288 e. The molecule has 2 aromatic rings. The Morgan fingerprint density at radius 1 is 1.03 bits per heavy atom. The third-order valence-corrected chi connectivity index (χ3v) is 5.21. The molecule has 0 saturated carbocycles. The van der Waals surface area contributed by atoms with Gasteiger partial charge in [-0.05, 0) is 36.8 Å². The minimum absolute atomic E-state index is 0.0911. The highest BCUT2D eigenvalue weighted by Crippen LogP contribution is 2.11. The van der Waals surface area contributed by atoms with Crippen molar-refractivity contribution in [1.29, 1.82) is 0 Å². The van der Waals surface area contributed by atoms with E-state index in [0.29, 0.717) is 5.56 Å². The maximum Gasteiger partial charge on any atom is 0.301 e. The zero-order chi connectivity index (χ0) is 21.6. The molecule has 0 fully saturated rings. The predicted molar refractivity (Wildman–Crippen MR) is 100 cm³/mol. The number of halogens is 1. The minimum Gasteiger partial charge on any atom is -0.288 e. The normalized spacial score (nSPS) is 11.0. The number of hydrogen-bond acceptors (Lipinski definition) is 6. The van der Waals surface area contributed by atoms with Crippen LogP contribution >= 0.6 is 0 Å². The van der Waals surface area contributed by atoms with Gasteiger partial charge in [-0.2, -0.15) is 0 Å². The summed E-state index contributed by atoms with van der Waals surface area (Å²) in [5, 5.41) is 0.812. The number of aryl methyl sites for hydroxylation is 1. The lowest BCUT2D eigenvalue weighted by molar-refractivity contribution is -0.180. The monoisotopic (exact) mass is 422 g/mol. The van der Waals surface area contributed by atoms with E-state index >= 15 is 0 Å². The minimum atomic E-state index is -4.25. The standard InChI is InChI=1S/C19H19FN2O6S/c1-13-3-9-16(10-4-13)29(26,27)21-19(25)17(23)11-18(24)22(28-2)12-14-5-7-15(20)8-6-14/h3-10H,11-12H2,1-2H3,(H,21,25). The second-order valence-corrected chi connectivity index (χ2v) is 7.77. The summed E-state index contributed by atoms with van der Waals surface area (Å²) in [4.78, 5) is 40.9. The Bertz CT molecular complexity index is 1000. The van der Waals surface area contributed by atoms with E-state index in [-0.39, 0.29) is 11.4 Å². The second kappa shape index (κ2) is 9.39. The lowest BCUT2D eigenvalue weighted by atomic mass is 10.2. The van der Waals surface area contributed by atoms with E-state index in [1.807, 2.05) is 0 Å². The SMILES string of the molecule is CON(Cc1ccc(F)cc1)C(=O)CC(=O)C(=O)NS(=O)(=O)c1ccc(C)cc1. The number of benzene rings is 2. The van der Waals surface area contributed by atoms with Crippen LogP contribution in [0.15, 0.2) is 53.4 Å². The Balaban J connectivity index is 1.99. The summed E-state index contributed by atoms with van der Waals surface area (Å²) in [6.07, 6.45) is -0.899. The third-order valence-electron chi connectivity index (χ3n) is 3.86. The first kappa shape index (κ1) is 22.2. The Morgan fingerprint density at radius 3 is 2.17 bits per heavy atom. The first-order chi connectivity index (χ1) is 13.6. The summed E-state index contributed by atoms with van der Waals surface area (Å²) in [5.41, 5.74) is 1.35. The molecular weight excluding hydrogens is 403 g/mol. The molecule has 8 nitrogen and oxygen atoms in total. The van der Waals surface area contributed by atoms with Crippen LogP contribution in [-0.4, -0.2) is 38.2 Å². The van der Waals surface area contributed by atoms with Crippen LogP contribution in [0.5, 0.6) is 0 Å². The molecule has 2 amide bonds. The molecule has 0 aromatic heterocycles. The largest absolute Gasteiger partial charge is 0.301 e. The van der Waals surface area contributed by atoms with Crippen molar-refractivity contribution in [2.75, 3.05) is 7.11 Å². The number of rotatable bonds is 8. The fourth-order valence-corrected chi connectivity index (χ4v) is 3.24. The third kappa shape index (κ3) is 6.19. The van der Waals surface area contributed by atoms with Crippen molar-refractivity contribution in [3.05, 3.63) is 65.5 Å². The van der Waals surface area contributed by atoms with Gasteiger partial charge in [-0.15, -0.1) is 0 Å². The Labute approximate surface area is 167 Å². The number of carbonyl (C=O) groups is 3. The molecule has 0 atom stereocenters. The van der Waals surface area contributed by atoms with Crippen molar-refractivity contribution in [2.24, 2.45) is 0 Å². The number of Topliss-reactive ketones (excluding diaryl/α,β-unsaturated/α-hetero) is 1. The van der Waals surface area contributed by atoms with Crippen LogP contribution in [0.4, 0.5) is 4.39 Å². The van der Waals surface area contributed by atoms with Gasteiger partial charge in [0.2, 0.25) is 5.78 Å². The molecule has 0 saturated heterocycles. The fraction of sp³-hybridized carbons (Fsp3) is 0.211. The topological polar surface area (TPSA) is 110 Å². The Kier molecular flexibility index (Phi) is 7.18. The lowest BCUT2D eigenvalue weighted by Gasteiger charge is -2.19. The van der Waals surface area contributed by atoms with Gasteiger partial charge in [0.05, 0.1) is 25.0 Å². The highest BCUT2D eigenvalue weighted by atomic mass is 32.2. The number of nitrogens with zero attached hydrogens (tertiary/aromatic N) is 1. The highest BCUT2D eigenvalue weighted by Gasteiger charge is 2.26. The van der Waals surface area contributed by atoms with Crippen molar-refractivity contribution in [3.63, 3.8) is 0 Å². The molecule has 10 heteroatoms. The van der Waals surface area contributed by atoms with Crippen molar-refractivity contribution < 1.29 is 32.0 Å². The van der Waals surface area contributed by atoms with Crippen molar-refractivity contribution >= 4 is 27.6 Å². The average molecular weight is 422 g/mol. The first-order valence-corrected chi connectivity index (χ1v) is 9.86. The number of carbonyl (C=O) groups excluding carboxylic acids is 3. The van der Waals surface area contributed by atoms with Crippen LogP contribution in [0.1, 0.15) is 17.5 Å². The van der Waals surface area contributed by atoms with Crippen LogP contribution in [0.2, 0.25) is 0 Å². The molecule has 0 aliphatic heterocycles. The maximum atomic E-state index is 13.0. The molecule has 29 heavy (non-hydrogen) atoms. The summed E-state index contributed by atoms with van der Waals surface area (Å²) in [5.74, 6) is -3.99. The fourth-order valence-electron chi connectivity index (χ4n) is 2.27. The van der Waals surface area contributed by atoms with Gasteiger partial charge in [0, 0.05) is 0 Å². The molecule has 1 N–H and O–H groups in total. The summed E-state index contributed by atoms with van der Waals surface area (Å²) in [6.45, 7) is 1.67. The predicted octanol–water partition coefficient (Wildman–Crippen LogP) is 1.49. The molecule has 154 valence electrons. The molecule has 0 aliphatic rings. The van der Waals surface area contributed by atoms with E-state index in [4.69, 9.17) is 4.84 Å². The number of sulfonamides is 1. The van der Waals surface area contributed by atoms with Crippen LogP contribution in [0.25, 0.3) is 0 Å². The van der Waals surface area contributed by atoms with Crippen molar-refractivity contribution in [3.8, 4) is 0 Å². The van der Waals surface area contributed by atoms with Crippen LogP contribution < -0.4 is 4.72 Å². The van der Waals surface area contributed by atoms with E-state index in [0.717, 1.165) is 10.6 Å². The Hall–Kier alpha value is -3.11. The summed E-state index contributed by atoms with van der Waals surface area (Å²) >= 11 is 0. The molecule has 0 heterocycles. The lowest BCUT2D eigenvalue weighted by Crippen LogP contribution is -2.39. The highest BCUT2D eigenvalue weighted by molar-refractivity contribution is 7.90. The number of hydroxylamine groups is 2. The van der Waals surface area contributed by atoms with E-state index in [9.17, 15) is 27.2 Å². The van der Waals surface area contributed by atoms with E-state index in [1.165, 1.54) is 55.6 Å². The van der Waals surface area contributed by atoms with Gasteiger partial charge in [0.1, 0.15) is 5.82 Å². The van der Waals surface area contributed by atoms with Gasteiger partial charge in [-0.25, -0.2) is 22.6 Å². The van der Waals surface area contributed by atoms with Gasteiger partial charge in [-0.1, -0.05) is 29.8 Å². The second-order valence-electron chi connectivity index (χ2n) is 6.09. The molecule has 0 radical (unpaired) electrons. The summed E-state index contributed by atoms with van der Waals surface area (Å²) in [6, 6.07) is 10.9. The van der Waals surface area contributed by atoms with Crippen LogP contribution in [0.3, 0.4) is 0 Å². The van der Waals surface area contributed by atoms with Crippen LogP contribution in [-0.2, 0) is 35.8 Å². The summed E-state index contributed by atoms with van der Waals surface area (Å²) < 4.78 is 38.9. The van der Waals surface area contributed by atoms with E-state index in [1.54, 1.807) is 11.6 Å². The van der Waals surface area contributed by atoms with Crippen LogP contribution in [0, 0.1) is 12.7 Å². The van der Waals surface area contributed by atoms with Gasteiger partial charge in [0.15, 0.2) is 0 Å². The number of nitrogens with one attached hydrogen (secondary N) is 1. The van der Waals surface area contributed by atoms with E-state index < -0.39 is 39.9 Å². The van der Waals surface area contributed by atoms with Gasteiger partial charge < -0.3 is 0 Å². The zero-order valence-corrected chi connectivity index (χ0v) is 16.5. The van der Waals surface area contributed by atoms with Gasteiger partial charge in [-0.3, -0.25) is 19.2 Å². The van der Waals surface area contributed by atoms with Gasteiger partial charge in [0.25, 0.3) is 15.9 Å². The maximum absolute atomic E-state index is 13.0. The van der Waals surface area contributed by atoms with Gasteiger partial charge >= 0.3 is 5.91 Å². The first-order valence-electron chi connectivity index (χ1n) is 8.38. The van der Waals surface area contributed by atoms with Crippen molar-refractivity contribution in [1.82, 2.24) is 9.79 Å². The van der Waals surface area contributed by atoms with Crippen molar-refractivity contribution in [2.45, 2.75) is 24.8 Å². The molecule has 0 aliphatic carbocycles. The quantitative estimate of drug-likeness (QED) is 0.392. The summed E-state index contributed by atoms with van der Waals surface area (Å²) in [7, 11) is -3.06. The zero-order valence-electron chi connectivity index (χ0n) is 15.7. The molecular formula is C19H19FN2O6S. The molecule has 2 aromatic carbocycles. The number of hydrogen-bond donors (Lipinski definition) is 1. The van der Waals surface area contributed by atoms with E-state index in [2.05, 4.69) is 0 Å². The Morgan fingerprint density at radius 2 is 1.62 bits per heavy atom.